The van der Waals surface area contributed by atoms with E-state index in [-0.39, 0.29) is 0 Å². The van der Waals surface area contributed by atoms with Gasteiger partial charge >= 0.3 is 0 Å². The van der Waals surface area contributed by atoms with Gasteiger partial charge in [-0.15, -0.1) is 0 Å². The van der Waals surface area contributed by atoms with Crippen molar-refractivity contribution >= 4 is 5.84 Å². The number of nitrogens with one attached hydrogen (secondary N) is 1. The molecule has 0 aromatic carbocycles. The summed E-state index contributed by atoms with van der Waals surface area (Å²) >= 11 is 0. The molecule has 2 fully saturated rings. The molecule has 11 heavy (non-hydrogen) atoms. The Morgan fingerprint density at radius 1 is 1.27 bits per heavy atom. The molecule has 0 aromatic heterocycles. The van der Waals surface area contributed by atoms with Gasteiger partial charge in [0.1, 0.15) is 0 Å². The Morgan fingerprint density at radius 2 is 2.00 bits per heavy atom. The first kappa shape index (κ1) is 7.14. The van der Waals surface area contributed by atoms with Crippen molar-refractivity contribution in [3.63, 3.8) is 0 Å². The zero-order valence-corrected chi connectivity index (χ0v) is 6.90. The third-order valence-electron chi connectivity index (χ3n) is 3.42. The number of amidine groups is 1. The number of hydrogen-bond acceptors (Lipinski definition) is 1. The smallest absolute Gasteiger partial charge is 0.0942 e. The summed E-state index contributed by atoms with van der Waals surface area (Å²) in [5.41, 5.74) is 6.08. The van der Waals surface area contributed by atoms with Crippen LogP contribution in [0.4, 0.5) is 0 Å². The first-order chi connectivity index (χ1) is 5.25. The van der Waals surface area contributed by atoms with Crippen molar-refractivity contribution in [2.45, 2.75) is 38.5 Å². The lowest BCUT2D eigenvalue weighted by Crippen LogP contribution is -2.32. The third kappa shape index (κ3) is 1.05. The number of nitrogens with two attached hydrogens (primary N) is 1. The van der Waals surface area contributed by atoms with Gasteiger partial charge in [0.25, 0.3) is 0 Å². The number of hydrogen-bond donors (Lipinski definition) is 2. The monoisotopic (exact) mass is 152 g/mol. The molecule has 0 saturated heterocycles. The minimum atomic E-state index is 0.441. The fourth-order valence-electron chi connectivity index (χ4n) is 2.55. The first-order valence-electron chi connectivity index (χ1n) is 4.58. The van der Waals surface area contributed by atoms with Crippen molar-refractivity contribution in [1.29, 1.82) is 5.41 Å². The predicted molar refractivity (Wildman–Crippen MR) is 45.5 cm³/mol. The molecular weight excluding hydrogens is 136 g/mol. The zero-order valence-electron chi connectivity index (χ0n) is 6.90. The highest BCUT2D eigenvalue weighted by Gasteiger charge is 2.50. The predicted octanol–water partition coefficient (Wildman–Crippen LogP) is 1.89. The van der Waals surface area contributed by atoms with Crippen LogP contribution in [0.15, 0.2) is 0 Å². The van der Waals surface area contributed by atoms with E-state index < -0.39 is 0 Å². The molecule has 0 aliphatic heterocycles. The van der Waals surface area contributed by atoms with Crippen LogP contribution in [0.2, 0.25) is 0 Å². The van der Waals surface area contributed by atoms with Crippen molar-refractivity contribution in [1.82, 2.24) is 0 Å². The molecule has 0 radical (unpaired) electrons. The highest BCUT2D eigenvalue weighted by molar-refractivity contribution is 5.81. The van der Waals surface area contributed by atoms with Gasteiger partial charge in [0.05, 0.1) is 5.84 Å². The Bertz CT molecular complexity index is 182. The van der Waals surface area contributed by atoms with Crippen LogP contribution in [0.1, 0.15) is 38.5 Å². The van der Waals surface area contributed by atoms with Gasteiger partial charge in [0, 0.05) is 5.92 Å². The highest BCUT2D eigenvalue weighted by atomic mass is 14.8. The maximum absolute atomic E-state index is 7.46. The molecule has 2 aliphatic carbocycles. The van der Waals surface area contributed by atoms with Crippen molar-refractivity contribution in [2.75, 3.05) is 0 Å². The lowest BCUT2D eigenvalue weighted by atomic mass is 9.76. The van der Waals surface area contributed by atoms with Crippen LogP contribution in [0.25, 0.3) is 0 Å². The van der Waals surface area contributed by atoms with Crippen molar-refractivity contribution < 1.29 is 0 Å². The molecule has 2 saturated carbocycles. The van der Waals surface area contributed by atoms with Crippen LogP contribution in [-0.2, 0) is 0 Å². The lowest BCUT2D eigenvalue weighted by Gasteiger charge is -2.30. The van der Waals surface area contributed by atoms with E-state index in [1.54, 1.807) is 0 Å². The average molecular weight is 152 g/mol. The van der Waals surface area contributed by atoms with Crippen LogP contribution >= 0.6 is 0 Å². The number of rotatable bonds is 1. The maximum atomic E-state index is 7.46. The average Bonchev–Trinajstić information content (AvgIpc) is 2.70. The van der Waals surface area contributed by atoms with E-state index in [1.165, 1.54) is 38.5 Å². The fraction of sp³-hybridized carbons (Fsp3) is 0.889. The second-order valence-electron chi connectivity index (χ2n) is 4.12. The molecule has 0 heterocycles. The van der Waals surface area contributed by atoms with Crippen LogP contribution < -0.4 is 5.73 Å². The highest BCUT2D eigenvalue weighted by Crippen LogP contribution is 2.59. The molecule has 62 valence electrons. The van der Waals surface area contributed by atoms with Gasteiger partial charge in [0.2, 0.25) is 0 Å². The standard InChI is InChI=1S/C9H16N2/c10-8(11)7-3-1-2-4-9(7)5-6-9/h7H,1-6H2,(H3,10,11)/t7-/m0/s1. The summed E-state index contributed by atoms with van der Waals surface area (Å²) in [5.74, 6) is 0.887. The van der Waals surface area contributed by atoms with E-state index >= 15 is 0 Å². The third-order valence-corrected chi connectivity index (χ3v) is 3.42. The molecule has 0 unspecified atom stereocenters. The lowest BCUT2D eigenvalue weighted by molar-refractivity contribution is 0.275. The van der Waals surface area contributed by atoms with E-state index in [4.69, 9.17) is 11.1 Å². The normalized spacial score (nSPS) is 33.6. The molecule has 2 rings (SSSR count). The van der Waals surface area contributed by atoms with E-state index in [0.29, 0.717) is 17.2 Å². The Morgan fingerprint density at radius 3 is 2.45 bits per heavy atom. The quantitative estimate of drug-likeness (QED) is 0.437. The van der Waals surface area contributed by atoms with E-state index in [0.717, 1.165) is 0 Å². The summed E-state index contributed by atoms with van der Waals surface area (Å²) in [4.78, 5) is 0. The molecule has 2 nitrogen and oxygen atoms in total. The Kier molecular flexibility index (Phi) is 1.44. The summed E-state index contributed by atoms with van der Waals surface area (Å²) in [7, 11) is 0. The van der Waals surface area contributed by atoms with Gasteiger partial charge in [-0.2, -0.15) is 0 Å². The minimum Gasteiger partial charge on any atom is -0.387 e. The molecule has 2 heteroatoms. The van der Waals surface area contributed by atoms with Gasteiger partial charge in [-0.25, -0.2) is 0 Å². The minimum absolute atomic E-state index is 0.441. The summed E-state index contributed by atoms with van der Waals surface area (Å²) in [6, 6.07) is 0. The molecule has 0 aromatic rings. The largest absolute Gasteiger partial charge is 0.387 e. The van der Waals surface area contributed by atoms with Crippen LogP contribution in [0.5, 0.6) is 0 Å². The maximum Gasteiger partial charge on any atom is 0.0942 e. The summed E-state index contributed by atoms with van der Waals surface area (Å²) in [6.07, 6.45) is 7.82. The fourth-order valence-corrected chi connectivity index (χ4v) is 2.55. The van der Waals surface area contributed by atoms with Crippen molar-refractivity contribution in [3.8, 4) is 0 Å². The van der Waals surface area contributed by atoms with Gasteiger partial charge in [-0.1, -0.05) is 12.8 Å². The molecule has 0 bridgehead atoms. The van der Waals surface area contributed by atoms with Crippen molar-refractivity contribution in [3.05, 3.63) is 0 Å². The van der Waals surface area contributed by atoms with E-state index in [1.807, 2.05) is 0 Å². The van der Waals surface area contributed by atoms with Gasteiger partial charge in [0.15, 0.2) is 0 Å². The van der Waals surface area contributed by atoms with Crippen molar-refractivity contribution in [2.24, 2.45) is 17.1 Å². The summed E-state index contributed by atoms with van der Waals surface area (Å²) in [5, 5.41) is 7.46. The molecule has 0 amide bonds. The molecule has 2 aliphatic rings. The Balaban J connectivity index is 2.10. The van der Waals surface area contributed by atoms with Crippen LogP contribution in [-0.4, -0.2) is 5.84 Å². The van der Waals surface area contributed by atoms with Gasteiger partial charge in [-0.05, 0) is 31.1 Å². The first-order valence-corrected chi connectivity index (χ1v) is 4.58. The summed E-state index contributed by atoms with van der Waals surface area (Å²) < 4.78 is 0. The zero-order chi connectivity index (χ0) is 7.90. The Hall–Kier alpha value is -0.530. The second kappa shape index (κ2) is 2.23. The van der Waals surface area contributed by atoms with Gasteiger partial charge < -0.3 is 5.73 Å². The Labute approximate surface area is 67.7 Å². The molecular formula is C9H16N2. The summed E-state index contributed by atoms with van der Waals surface area (Å²) in [6.45, 7) is 0. The van der Waals surface area contributed by atoms with Crippen LogP contribution in [0, 0.1) is 16.7 Å². The molecule has 1 spiro atoms. The van der Waals surface area contributed by atoms with E-state index in [2.05, 4.69) is 0 Å². The SMILES string of the molecule is N=C(N)[C@@H]1CCCCC12CC2. The topological polar surface area (TPSA) is 49.9 Å². The molecule has 3 N–H and O–H groups in total. The molecule has 1 atom stereocenters. The van der Waals surface area contributed by atoms with Crippen LogP contribution in [0.3, 0.4) is 0 Å². The van der Waals surface area contributed by atoms with E-state index in [9.17, 15) is 0 Å². The second-order valence-corrected chi connectivity index (χ2v) is 4.12. The van der Waals surface area contributed by atoms with Gasteiger partial charge in [-0.3, -0.25) is 5.41 Å².